The highest BCUT2D eigenvalue weighted by molar-refractivity contribution is 7.80. The van der Waals surface area contributed by atoms with Gasteiger partial charge in [0.2, 0.25) is 0 Å². The van der Waals surface area contributed by atoms with Crippen molar-refractivity contribution in [3.05, 3.63) is 0 Å². The molecule has 0 atom stereocenters. The lowest BCUT2D eigenvalue weighted by atomic mass is 10.1. The van der Waals surface area contributed by atoms with Crippen LogP contribution in [-0.4, -0.2) is 18.2 Å². The topological polar surface area (TPSA) is 24.1 Å². The van der Waals surface area contributed by atoms with E-state index >= 15 is 0 Å². The van der Waals surface area contributed by atoms with Crippen LogP contribution in [0.5, 0.6) is 0 Å². The lowest BCUT2D eigenvalue weighted by Crippen LogP contribution is -2.36. The van der Waals surface area contributed by atoms with Crippen molar-refractivity contribution in [3.8, 4) is 0 Å². The largest absolute Gasteiger partial charge is 0.363 e. The third-order valence-electron chi connectivity index (χ3n) is 2.38. The minimum absolute atomic E-state index is 0.818. The van der Waals surface area contributed by atoms with Crippen molar-refractivity contribution < 1.29 is 0 Å². The fourth-order valence-corrected chi connectivity index (χ4v) is 1.58. The number of thiocarbonyl (C=S) groups is 1. The van der Waals surface area contributed by atoms with Crippen LogP contribution < -0.4 is 10.6 Å². The highest BCUT2D eigenvalue weighted by Crippen LogP contribution is 2.00. The van der Waals surface area contributed by atoms with Gasteiger partial charge in [-0.05, 0) is 25.1 Å². The van der Waals surface area contributed by atoms with Gasteiger partial charge in [-0.15, -0.1) is 0 Å². The minimum atomic E-state index is 0.818. The molecule has 90 valence electrons. The van der Waals surface area contributed by atoms with Crippen molar-refractivity contribution in [1.82, 2.24) is 10.6 Å². The van der Waals surface area contributed by atoms with E-state index in [0.29, 0.717) is 0 Å². The number of hydrogen-bond donors (Lipinski definition) is 2. The van der Waals surface area contributed by atoms with Crippen molar-refractivity contribution in [2.45, 2.75) is 58.8 Å². The molecule has 2 N–H and O–H groups in total. The van der Waals surface area contributed by atoms with Crippen molar-refractivity contribution >= 4 is 17.3 Å². The van der Waals surface area contributed by atoms with Gasteiger partial charge in [-0.1, -0.05) is 46.0 Å². The Bertz CT molecular complexity index is 149. The van der Waals surface area contributed by atoms with E-state index in [1.807, 2.05) is 0 Å². The second-order valence-corrected chi connectivity index (χ2v) is 4.36. The first kappa shape index (κ1) is 14.7. The predicted octanol–water partition coefficient (Wildman–Crippen LogP) is 3.22. The lowest BCUT2D eigenvalue weighted by Gasteiger charge is -2.09. The molecule has 0 aliphatic rings. The summed E-state index contributed by atoms with van der Waals surface area (Å²) >= 11 is 5.15. The zero-order chi connectivity index (χ0) is 11.4. The van der Waals surface area contributed by atoms with E-state index in [1.165, 1.54) is 44.9 Å². The molecule has 15 heavy (non-hydrogen) atoms. The Morgan fingerprint density at radius 1 is 0.800 bits per heavy atom. The van der Waals surface area contributed by atoms with Gasteiger partial charge in [0, 0.05) is 13.1 Å². The molecule has 0 aliphatic carbocycles. The van der Waals surface area contributed by atoms with Gasteiger partial charge >= 0.3 is 0 Å². The Morgan fingerprint density at radius 2 is 1.33 bits per heavy atom. The fraction of sp³-hybridized carbons (Fsp3) is 0.917. The molecule has 0 aromatic rings. The summed E-state index contributed by atoms with van der Waals surface area (Å²) in [6, 6.07) is 0. The Hall–Kier alpha value is -0.310. The van der Waals surface area contributed by atoms with Gasteiger partial charge in [0.05, 0.1) is 0 Å². The van der Waals surface area contributed by atoms with Gasteiger partial charge < -0.3 is 10.6 Å². The molecule has 0 saturated heterocycles. The summed E-state index contributed by atoms with van der Waals surface area (Å²) in [7, 11) is 0. The summed E-state index contributed by atoms with van der Waals surface area (Å²) in [5.74, 6) is 0. The van der Waals surface area contributed by atoms with Crippen molar-refractivity contribution in [3.63, 3.8) is 0 Å². The zero-order valence-corrected chi connectivity index (χ0v) is 11.1. The molecule has 0 radical (unpaired) electrons. The lowest BCUT2D eigenvalue weighted by molar-refractivity contribution is 0.621. The number of hydrogen-bond acceptors (Lipinski definition) is 1. The minimum Gasteiger partial charge on any atom is -0.363 e. The standard InChI is InChI=1S/C12H26N2S/c1-3-5-7-8-9-11-14-12(15)13-10-6-4-2/h3-11H2,1-2H3,(H2,13,14,15). The molecule has 0 amide bonds. The second kappa shape index (κ2) is 11.8. The summed E-state index contributed by atoms with van der Waals surface area (Å²) < 4.78 is 0. The van der Waals surface area contributed by atoms with Gasteiger partial charge in [-0.3, -0.25) is 0 Å². The molecule has 2 nitrogen and oxygen atoms in total. The van der Waals surface area contributed by atoms with E-state index in [1.54, 1.807) is 0 Å². The van der Waals surface area contributed by atoms with Crippen LogP contribution in [0.3, 0.4) is 0 Å². The van der Waals surface area contributed by atoms with Gasteiger partial charge in [-0.2, -0.15) is 0 Å². The molecule has 0 saturated carbocycles. The van der Waals surface area contributed by atoms with Gasteiger partial charge in [-0.25, -0.2) is 0 Å². The van der Waals surface area contributed by atoms with Crippen LogP contribution in [0.4, 0.5) is 0 Å². The molecular weight excluding hydrogens is 204 g/mol. The predicted molar refractivity (Wildman–Crippen MR) is 72.3 cm³/mol. The Kier molecular flexibility index (Phi) is 11.5. The molecule has 0 rings (SSSR count). The van der Waals surface area contributed by atoms with Crippen molar-refractivity contribution in [2.24, 2.45) is 0 Å². The second-order valence-electron chi connectivity index (χ2n) is 3.95. The third kappa shape index (κ3) is 11.6. The van der Waals surface area contributed by atoms with Crippen LogP contribution >= 0.6 is 12.2 Å². The maximum absolute atomic E-state index is 5.15. The Labute approximate surface area is 100 Å². The monoisotopic (exact) mass is 230 g/mol. The van der Waals surface area contributed by atoms with Crippen LogP contribution in [0.25, 0.3) is 0 Å². The van der Waals surface area contributed by atoms with E-state index in [-0.39, 0.29) is 0 Å². The maximum Gasteiger partial charge on any atom is 0.166 e. The summed E-state index contributed by atoms with van der Waals surface area (Å²) in [5.41, 5.74) is 0. The Balaban J connectivity index is 3.10. The third-order valence-corrected chi connectivity index (χ3v) is 2.67. The molecule has 0 unspecified atom stereocenters. The molecule has 0 bridgehead atoms. The molecule has 0 fully saturated rings. The van der Waals surface area contributed by atoms with E-state index in [0.717, 1.165) is 18.2 Å². The quantitative estimate of drug-likeness (QED) is 0.470. The van der Waals surface area contributed by atoms with Crippen molar-refractivity contribution in [2.75, 3.05) is 13.1 Å². The van der Waals surface area contributed by atoms with E-state index < -0.39 is 0 Å². The summed E-state index contributed by atoms with van der Waals surface area (Å²) in [4.78, 5) is 0. The summed E-state index contributed by atoms with van der Waals surface area (Å²) in [6.45, 7) is 6.44. The van der Waals surface area contributed by atoms with Gasteiger partial charge in [0.1, 0.15) is 0 Å². The molecule has 0 aliphatic heterocycles. The van der Waals surface area contributed by atoms with Crippen LogP contribution in [-0.2, 0) is 0 Å². The highest BCUT2D eigenvalue weighted by Gasteiger charge is 1.93. The number of unbranched alkanes of at least 4 members (excludes halogenated alkanes) is 5. The first-order valence-corrected chi connectivity index (χ1v) is 6.73. The average Bonchev–Trinajstić information content (AvgIpc) is 2.23. The van der Waals surface area contributed by atoms with Gasteiger partial charge in [0.25, 0.3) is 0 Å². The van der Waals surface area contributed by atoms with E-state index in [2.05, 4.69) is 24.5 Å². The first-order valence-electron chi connectivity index (χ1n) is 6.33. The molecule has 0 heterocycles. The molecular formula is C12H26N2S. The summed E-state index contributed by atoms with van der Waals surface area (Å²) in [5, 5.41) is 7.26. The number of nitrogens with one attached hydrogen (secondary N) is 2. The smallest absolute Gasteiger partial charge is 0.166 e. The van der Waals surface area contributed by atoms with E-state index in [4.69, 9.17) is 12.2 Å². The number of rotatable bonds is 9. The fourth-order valence-electron chi connectivity index (χ4n) is 1.37. The first-order chi connectivity index (χ1) is 7.31. The van der Waals surface area contributed by atoms with Crippen LogP contribution in [0.15, 0.2) is 0 Å². The van der Waals surface area contributed by atoms with Crippen LogP contribution in [0.2, 0.25) is 0 Å². The van der Waals surface area contributed by atoms with Crippen LogP contribution in [0, 0.1) is 0 Å². The SMILES string of the molecule is CCCCCCCNC(=S)NCCCC. The zero-order valence-electron chi connectivity index (χ0n) is 10.3. The summed E-state index contributed by atoms with van der Waals surface area (Å²) in [6.07, 6.45) is 8.98. The van der Waals surface area contributed by atoms with Gasteiger partial charge in [0.15, 0.2) is 5.11 Å². The molecule has 0 spiro atoms. The normalized spacial score (nSPS) is 10.0. The Morgan fingerprint density at radius 3 is 1.93 bits per heavy atom. The van der Waals surface area contributed by atoms with Crippen LogP contribution in [0.1, 0.15) is 58.8 Å². The molecule has 0 aromatic carbocycles. The van der Waals surface area contributed by atoms with Crippen molar-refractivity contribution in [1.29, 1.82) is 0 Å². The highest BCUT2D eigenvalue weighted by atomic mass is 32.1. The van der Waals surface area contributed by atoms with E-state index in [9.17, 15) is 0 Å². The average molecular weight is 230 g/mol. The molecule has 0 aromatic heterocycles. The maximum atomic E-state index is 5.15. The molecule has 3 heteroatoms.